The Morgan fingerprint density at radius 3 is 2.92 bits per heavy atom. The molecule has 1 N–H and O–H groups in total. The molecule has 2 aliphatic rings. The summed E-state index contributed by atoms with van der Waals surface area (Å²) in [5, 5.41) is 2.94. The highest BCUT2D eigenvalue weighted by atomic mass is 19.1. The molecule has 2 saturated heterocycles. The molecule has 2 aliphatic heterocycles. The first-order chi connectivity index (χ1) is 11.5. The number of hydrogen-bond acceptors (Lipinski definition) is 4. The second kappa shape index (κ2) is 7.59. The van der Waals surface area contributed by atoms with E-state index in [-0.39, 0.29) is 23.9 Å². The number of amides is 1. The molecule has 0 radical (unpaired) electrons. The molecular weight excluding hydrogens is 309 g/mol. The quantitative estimate of drug-likeness (QED) is 0.902. The molecule has 132 valence electrons. The second-order valence-corrected chi connectivity index (χ2v) is 6.71. The number of rotatable bonds is 4. The Morgan fingerprint density at radius 1 is 1.33 bits per heavy atom. The lowest BCUT2D eigenvalue weighted by Crippen LogP contribution is -2.53. The Balaban J connectivity index is 1.71. The minimum atomic E-state index is -0.335. The minimum absolute atomic E-state index is 0.00584. The van der Waals surface area contributed by atoms with Gasteiger partial charge in [0.2, 0.25) is 5.91 Å². The van der Waals surface area contributed by atoms with Crippen LogP contribution in [-0.4, -0.2) is 67.7 Å². The van der Waals surface area contributed by atoms with Crippen LogP contribution in [0.5, 0.6) is 0 Å². The van der Waals surface area contributed by atoms with Crippen LogP contribution in [0.1, 0.15) is 24.1 Å². The average Bonchev–Trinajstić information content (AvgIpc) is 2.54. The number of benzene rings is 1. The lowest BCUT2D eigenvalue weighted by molar-refractivity contribution is -0.129. The number of carbonyl (C=O) groups excluding carboxylic acids is 1. The molecule has 0 spiro atoms. The van der Waals surface area contributed by atoms with Crippen molar-refractivity contribution in [3.63, 3.8) is 0 Å². The highest BCUT2D eigenvalue weighted by Crippen LogP contribution is 2.26. The van der Waals surface area contributed by atoms with E-state index in [1.165, 1.54) is 12.1 Å². The maximum Gasteiger partial charge on any atom is 0.242 e. The van der Waals surface area contributed by atoms with Gasteiger partial charge in [-0.05, 0) is 37.1 Å². The van der Waals surface area contributed by atoms with Crippen molar-refractivity contribution >= 4 is 5.91 Å². The molecule has 0 aromatic heterocycles. The Kier molecular flexibility index (Phi) is 5.48. The zero-order valence-electron chi connectivity index (χ0n) is 14.4. The molecule has 2 atom stereocenters. The summed E-state index contributed by atoms with van der Waals surface area (Å²) in [6.07, 6.45) is 0.263. The van der Waals surface area contributed by atoms with Crippen LogP contribution in [0.4, 0.5) is 4.39 Å². The largest absolute Gasteiger partial charge is 0.376 e. The molecule has 5 nitrogen and oxygen atoms in total. The van der Waals surface area contributed by atoms with Gasteiger partial charge in [0, 0.05) is 39.3 Å². The highest BCUT2D eigenvalue weighted by molar-refractivity contribution is 5.84. The first-order valence-electron chi connectivity index (χ1n) is 8.66. The van der Waals surface area contributed by atoms with Gasteiger partial charge in [-0.1, -0.05) is 6.07 Å². The molecular formula is C18H26FN3O2. The second-order valence-electron chi connectivity index (χ2n) is 6.71. The van der Waals surface area contributed by atoms with Gasteiger partial charge >= 0.3 is 0 Å². The van der Waals surface area contributed by atoms with E-state index in [0.29, 0.717) is 6.54 Å². The number of halogens is 1. The number of hydrogen-bond donors (Lipinski definition) is 1. The van der Waals surface area contributed by atoms with Gasteiger partial charge in [0.05, 0.1) is 12.7 Å². The van der Waals surface area contributed by atoms with Gasteiger partial charge in [0.25, 0.3) is 0 Å². The van der Waals surface area contributed by atoms with E-state index in [1.54, 1.807) is 6.07 Å². The van der Waals surface area contributed by atoms with Crippen LogP contribution >= 0.6 is 0 Å². The standard InChI is InChI=1S/C18H26FN3O2/c1-13-11-15(19)3-4-16(13)17-18(23)20-5-6-22(17)8-7-21-9-10-24-14(2)12-21/h3-4,11,14,17H,5-10,12H2,1-2H3,(H,20,23)/t14-,17-/m0/s1. The van der Waals surface area contributed by atoms with E-state index in [0.717, 1.165) is 50.5 Å². The average molecular weight is 335 g/mol. The third-order valence-corrected chi connectivity index (χ3v) is 4.87. The fourth-order valence-electron chi connectivity index (χ4n) is 3.60. The van der Waals surface area contributed by atoms with Crippen molar-refractivity contribution in [1.82, 2.24) is 15.1 Å². The van der Waals surface area contributed by atoms with E-state index in [2.05, 4.69) is 22.0 Å². The fourth-order valence-corrected chi connectivity index (χ4v) is 3.60. The number of nitrogens with zero attached hydrogens (tertiary/aromatic N) is 2. The van der Waals surface area contributed by atoms with Gasteiger partial charge in [-0.3, -0.25) is 14.6 Å². The van der Waals surface area contributed by atoms with Crippen molar-refractivity contribution in [2.75, 3.05) is 45.9 Å². The summed E-state index contributed by atoms with van der Waals surface area (Å²) in [5.74, 6) is -0.257. The molecule has 0 saturated carbocycles. The maximum atomic E-state index is 13.4. The third kappa shape index (κ3) is 3.94. The van der Waals surface area contributed by atoms with Crippen LogP contribution < -0.4 is 5.32 Å². The van der Waals surface area contributed by atoms with Gasteiger partial charge in [-0.25, -0.2) is 4.39 Å². The maximum absolute atomic E-state index is 13.4. The minimum Gasteiger partial charge on any atom is -0.376 e. The lowest BCUT2D eigenvalue weighted by atomic mass is 9.97. The molecule has 1 amide bonds. The zero-order valence-corrected chi connectivity index (χ0v) is 14.4. The fraction of sp³-hybridized carbons (Fsp3) is 0.611. The van der Waals surface area contributed by atoms with E-state index >= 15 is 0 Å². The van der Waals surface area contributed by atoms with E-state index < -0.39 is 0 Å². The lowest BCUT2D eigenvalue weighted by Gasteiger charge is -2.38. The Hall–Kier alpha value is -1.50. The van der Waals surface area contributed by atoms with Gasteiger partial charge < -0.3 is 10.1 Å². The summed E-state index contributed by atoms with van der Waals surface area (Å²) in [7, 11) is 0. The molecule has 1 aromatic carbocycles. The summed E-state index contributed by atoms with van der Waals surface area (Å²) < 4.78 is 19.0. The molecule has 6 heteroatoms. The predicted molar refractivity (Wildman–Crippen MR) is 90.3 cm³/mol. The van der Waals surface area contributed by atoms with Gasteiger partial charge in [0.1, 0.15) is 11.9 Å². The monoisotopic (exact) mass is 335 g/mol. The van der Waals surface area contributed by atoms with E-state index in [1.807, 2.05) is 6.92 Å². The third-order valence-electron chi connectivity index (χ3n) is 4.87. The molecule has 2 fully saturated rings. The predicted octanol–water partition coefficient (Wildman–Crippen LogP) is 1.33. The SMILES string of the molecule is Cc1cc(F)ccc1[C@H]1C(=O)NCCN1CCN1CCO[C@@H](C)C1. The van der Waals surface area contributed by atoms with Gasteiger partial charge in [-0.2, -0.15) is 0 Å². The number of carbonyl (C=O) groups is 1. The van der Waals surface area contributed by atoms with Crippen LogP contribution in [0, 0.1) is 12.7 Å². The molecule has 2 heterocycles. The molecule has 3 rings (SSSR count). The van der Waals surface area contributed by atoms with Crippen molar-refractivity contribution in [2.24, 2.45) is 0 Å². The summed E-state index contributed by atoms with van der Waals surface area (Å²) in [6, 6.07) is 4.34. The van der Waals surface area contributed by atoms with Gasteiger partial charge in [0.15, 0.2) is 0 Å². The molecule has 1 aromatic rings. The van der Waals surface area contributed by atoms with Crippen molar-refractivity contribution in [1.29, 1.82) is 0 Å². The van der Waals surface area contributed by atoms with Gasteiger partial charge in [-0.15, -0.1) is 0 Å². The van der Waals surface area contributed by atoms with E-state index in [9.17, 15) is 9.18 Å². The Morgan fingerprint density at radius 2 is 2.17 bits per heavy atom. The van der Waals surface area contributed by atoms with Crippen LogP contribution in [-0.2, 0) is 9.53 Å². The molecule has 0 bridgehead atoms. The summed E-state index contributed by atoms with van der Waals surface area (Å²) in [5.41, 5.74) is 1.71. The number of morpholine rings is 1. The van der Waals surface area contributed by atoms with Crippen molar-refractivity contribution < 1.29 is 13.9 Å². The van der Waals surface area contributed by atoms with Crippen LogP contribution in [0.3, 0.4) is 0 Å². The first-order valence-corrected chi connectivity index (χ1v) is 8.66. The Labute approximate surface area is 142 Å². The van der Waals surface area contributed by atoms with Crippen molar-refractivity contribution in [3.8, 4) is 0 Å². The topological polar surface area (TPSA) is 44.8 Å². The number of nitrogens with one attached hydrogen (secondary N) is 1. The molecule has 24 heavy (non-hydrogen) atoms. The summed E-state index contributed by atoms with van der Waals surface area (Å²) in [4.78, 5) is 17.1. The smallest absolute Gasteiger partial charge is 0.242 e. The molecule has 0 aliphatic carbocycles. The number of piperazine rings is 1. The number of aryl methyl sites for hydroxylation is 1. The zero-order chi connectivity index (χ0) is 17.1. The van der Waals surface area contributed by atoms with Crippen molar-refractivity contribution in [3.05, 3.63) is 35.1 Å². The highest BCUT2D eigenvalue weighted by Gasteiger charge is 2.32. The van der Waals surface area contributed by atoms with Crippen LogP contribution in [0.25, 0.3) is 0 Å². The molecule has 0 unspecified atom stereocenters. The normalized spacial score (nSPS) is 26.4. The van der Waals surface area contributed by atoms with Crippen molar-refractivity contribution in [2.45, 2.75) is 26.0 Å². The van der Waals surface area contributed by atoms with Crippen LogP contribution in [0.15, 0.2) is 18.2 Å². The van der Waals surface area contributed by atoms with E-state index in [4.69, 9.17) is 4.74 Å². The summed E-state index contributed by atoms with van der Waals surface area (Å²) in [6.45, 7) is 9.79. The number of ether oxygens (including phenoxy) is 1. The Bertz CT molecular complexity index is 596. The summed E-state index contributed by atoms with van der Waals surface area (Å²) >= 11 is 0. The first kappa shape index (κ1) is 17.3. The van der Waals surface area contributed by atoms with Crippen LogP contribution in [0.2, 0.25) is 0 Å².